The molecule has 0 saturated carbocycles. The van der Waals surface area contributed by atoms with Gasteiger partial charge in [-0.2, -0.15) is 0 Å². The van der Waals surface area contributed by atoms with Crippen molar-refractivity contribution < 1.29 is 4.79 Å². The van der Waals surface area contributed by atoms with Crippen LogP contribution in [0.15, 0.2) is 30.3 Å². The molecule has 1 saturated heterocycles. The summed E-state index contributed by atoms with van der Waals surface area (Å²) in [5.41, 5.74) is 2.12. The van der Waals surface area contributed by atoms with E-state index in [1.54, 1.807) is 11.3 Å². The van der Waals surface area contributed by atoms with Crippen LogP contribution in [0.4, 0.5) is 0 Å². The molecule has 0 N–H and O–H groups in total. The van der Waals surface area contributed by atoms with Crippen LogP contribution in [0, 0.1) is 6.92 Å². The Balaban J connectivity index is 1.78. The van der Waals surface area contributed by atoms with E-state index in [1.165, 1.54) is 12.0 Å². The van der Waals surface area contributed by atoms with Crippen molar-refractivity contribution in [2.75, 3.05) is 6.54 Å². The summed E-state index contributed by atoms with van der Waals surface area (Å²) in [5.74, 6) is 0.186. The summed E-state index contributed by atoms with van der Waals surface area (Å²) in [6, 6.07) is 10.7. The topological polar surface area (TPSA) is 33.2 Å². The number of aromatic nitrogens is 1. The van der Waals surface area contributed by atoms with E-state index in [9.17, 15) is 4.79 Å². The molecule has 4 heteroatoms. The van der Waals surface area contributed by atoms with Gasteiger partial charge in [0.05, 0.1) is 10.7 Å². The number of thiazole rings is 1. The molecule has 23 heavy (non-hydrogen) atoms. The summed E-state index contributed by atoms with van der Waals surface area (Å²) in [4.78, 5) is 20.5. The summed E-state index contributed by atoms with van der Waals surface area (Å²) in [7, 11) is 0. The fourth-order valence-corrected chi connectivity index (χ4v) is 4.37. The maximum absolute atomic E-state index is 13.0. The van der Waals surface area contributed by atoms with Gasteiger partial charge in [-0.3, -0.25) is 4.79 Å². The minimum Gasteiger partial charge on any atom is -0.335 e. The van der Waals surface area contributed by atoms with E-state index in [1.807, 2.05) is 25.1 Å². The molecule has 0 radical (unpaired) electrons. The van der Waals surface area contributed by atoms with Crippen molar-refractivity contribution in [3.63, 3.8) is 0 Å². The van der Waals surface area contributed by atoms with Gasteiger partial charge in [-0.05, 0) is 38.2 Å². The van der Waals surface area contributed by atoms with Crippen LogP contribution in [0.1, 0.15) is 58.5 Å². The lowest BCUT2D eigenvalue weighted by molar-refractivity contribution is 0.0612. The second-order valence-corrected chi connectivity index (χ2v) is 7.32. The molecule has 1 atom stereocenters. The molecule has 2 aromatic rings. The molecule has 0 aliphatic carbocycles. The lowest BCUT2D eigenvalue weighted by Gasteiger charge is -2.35. The smallest absolute Gasteiger partial charge is 0.266 e. The molecule has 1 aliphatic rings. The molecular weight excluding hydrogens is 304 g/mol. The highest BCUT2D eigenvalue weighted by atomic mass is 32.1. The maximum atomic E-state index is 13.0. The van der Waals surface area contributed by atoms with Crippen LogP contribution in [-0.4, -0.2) is 28.4 Å². The molecule has 1 fully saturated rings. The normalized spacial score (nSPS) is 18.2. The van der Waals surface area contributed by atoms with Gasteiger partial charge in [0.1, 0.15) is 4.88 Å². The number of carbonyl (C=O) groups is 1. The first-order chi connectivity index (χ1) is 11.2. The zero-order chi connectivity index (χ0) is 16.2. The molecule has 3 rings (SSSR count). The SMILES string of the molecule is CCC1CCCCN1C(=O)c1sc(Cc2ccccc2)nc1C. The van der Waals surface area contributed by atoms with Crippen molar-refractivity contribution in [2.45, 2.75) is 52.0 Å². The number of hydrogen-bond acceptors (Lipinski definition) is 3. The molecular formula is C19H24N2OS. The standard InChI is InChI=1S/C19H24N2OS/c1-3-16-11-7-8-12-21(16)19(22)18-14(2)20-17(23-18)13-15-9-5-4-6-10-15/h4-6,9-10,16H,3,7-8,11-13H2,1-2H3. The van der Waals surface area contributed by atoms with Gasteiger partial charge in [-0.15, -0.1) is 11.3 Å². The Morgan fingerprint density at radius 2 is 2.09 bits per heavy atom. The first-order valence-electron chi connectivity index (χ1n) is 8.50. The molecule has 1 aliphatic heterocycles. The first-order valence-corrected chi connectivity index (χ1v) is 9.32. The summed E-state index contributed by atoms with van der Waals surface area (Å²) < 4.78 is 0. The van der Waals surface area contributed by atoms with E-state index in [4.69, 9.17) is 0 Å². The fourth-order valence-electron chi connectivity index (χ4n) is 3.32. The average Bonchev–Trinajstić information content (AvgIpc) is 2.95. The molecule has 1 aromatic carbocycles. The Kier molecular flexibility index (Phi) is 5.11. The van der Waals surface area contributed by atoms with Crippen molar-refractivity contribution in [1.29, 1.82) is 0 Å². The van der Waals surface area contributed by atoms with Gasteiger partial charge in [0, 0.05) is 19.0 Å². The van der Waals surface area contributed by atoms with E-state index in [2.05, 4.69) is 28.9 Å². The predicted octanol–water partition coefficient (Wildman–Crippen LogP) is 4.45. The number of carbonyl (C=O) groups excluding carboxylic acids is 1. The predicted molar refractivity (Wildman–Crippen MR) is 95.1 cm³/mol. The molecule has 1 amide bonds. The second-order valence-electron chi connectivity index (χ2n) is 6.24. The molecule has 1 unspecified atom stereocenters. The Morgan fingerprint density at radius 1 is 1.30 bits per heavy atom. The van der Waals surface area contributed by atoms with Crippen molar-refractivity contribution in [1.82, 2.24) is 9.88 Å². The average molecular weight is 328 g/mol. The third-order valence-corrected chi connectivity index (χ3v) is 5.74. The van der Waals surface area contributed by atoms with Crippen LogP contribution >= 0.6 is 11.3 Å². The number of rotatable bonds is 4. The van der Waals surface area contributed by atoms with Crippen molar-refractivity contribution in [3.8, 4) is 0 Å². The molecule has 122 valence electrons. The van der Waals surface area contributed by atoms with Crippen LogP contribution in [0.25, 0.3) is 0 Å². The van der Waals surface area contributed by atoms with Gasteiger partial charge in [-0.1, -0.05) is 37.3 Å². The maximum Gasteiger partial charge on any atom is 0.266 e. The van der Waals surface area contributed by atoms with E-state index in [0.29, 0.717) is 6.04 Å². The Bertz CT molecular complexity index is 665. The summed E-state index contributed by atoms with van der Waals surface area (Å²) in [6.07, 6.45) is 5.34. The van der Waals surface area contributed by atoms with Crippen molar-refractivity contribution in [2.24, 2.45) is 0 Å². The summed E-state index contributed by atoms with van der Waals surface area (Å²) in [5, 5.41) is 1.03. The van der Waals surface area contributed by atoms with Gasteiger partial charge in [0.15, 0.2) is 0 Å². The van der Waals surface area contributed by atoms with Gasteiger partial charge in [0.25, 0.3) is 5.91 Å². The van der Waals surface area contributed by atoms with Crippen molar-refractivity contribution >= 4 is 17.2 Å². The number of piperidine rings is 1. The molecule has 0 spiro atoms. The lowest BCUT2D eigenvalue weighted by atomic mass is 10.00. The number of amides is 1. The Hall–Kier alpha value is -1.68. The van der Waals surface area contributed by atoms with Crippen LogP contribution in [0.3, 0.4) is 0 Å². The second kappa shape index (κ2) is 7.26. The zero-order valence-corrected chi connectivity index (χ0v) is 14.7. The minimum atomic E-state index is 0.186. The molecule has 3 nitrogen and oxygen atoms in total. The number of benzene rings is 1. The summed E-state index contributed by atoms with van der Waals surface area (Å²) >= 11 is 1.57. The van der Waals surface area contributed by atoms with E-state index >= 15 is 0 Å². The van der Waals surface area contributed by atoms with Gasteiger partial charge in [0.2, 0.25) is 0 Å². The summed E-state index contributed by atoms with van der Waals surface area (Å²) in [6.45, 7) is 5.03. The molecule has 1 aromatic heterocycles. The zero-order valence-electron chi connectivity index (χ0n) is 13.9. The number of hydrogen-bond donors (Lipinski definition) is 0. The molecule has 0 bridgehead atoms. The highest BCUT2D eigenvalue weighted by Gasteiger charge is 2.28. The first kappa shape index (κ1) is 16.2. The number of likely N-dealkylation sites (tertiary alicyclic amines) is 1. The molecule has 2 heterocycles. The quantitative estimate of drug-likeness (QED) is 0.831. The minimum absolute atomic E-state index is 0.186. The van der Waals surface area contributed by atoms with Gasteiger partial charge in [-0.25, -0.2) is 4.98 Å². The van der Waals surface area contributed by atoms with E-state index < -0.39 is 0 Å². The highest BCUT2D eigenvalue weighted by Crippen LogP contribution is 2.27. The van der Waals surface area contributed by atoms with Crippen LogP contribution in [0.5, 0.6) is 0 Å². The van der Waals surface area contributed by atoms with Crippen LogP contribution < -0.4 is 0 Å². The Labute approximate surface area is 142 Å². The van der Waals surface area contributed by atoms with Crippen LogP contribution in [0.2, 0.25) is 0 Å². The van der Waals surface area contributed by atoms with E-state index in [-0.39, 0.29) is 5.91 Å². The van der Waals surface area contributed by atoms with Crippen molar-refractivity contribution in [3.05, 3.63) is 51.5 Å². The largest absolute Gasteiger partial charge is 0.335 e. The number of aryl methyl sites for hydroxylation is 1. The van der Waals surface area contributed by atoms with Gasteiger partial charge < -0.3 is 4.90 Å². The number of nitrogens with zero attached hydrogens (tertiary/aromatic N) is 2. The fraction of sp³-hybridized carbons (Fsp3) is 0.474. The highest BCUT2D eigenvalue weighted by molar-refractivity contribution is 7.13. The third-order valence-electron chi connectivity index (χ3n) is 4.59. The van der Waals surface area contributed by atoms with E-state index in [0.717, 1.165) is 47.8 Å². The van der Waals surface area contributed by atoms with Crippen LogP contribution in [-0.2, 0) is 6.42 Å². The monoisotopic (exact) mass is 328 g/mol. The Morgan fingerprint density at radius 3 is 2.83 bits per heavy atom. The van der Waals surface area contributed by atoms with Gasteiger partial charge >= 0.3 is 0 Å². The third kappa shape index (κ3) is 3.63. The lowest BCUT2D eigenvalue weighted by Crippen LogP contribution is -2.43.